The average molecular weight is 333 g/mol. The Bertz CT molecular complexity index is 906. The van der Waals surface area contributed by atoms with Gasteiger partial charge in [-0.15, -0.1) is 0 Å². The molecule has 124 valence electrons. The van der Waals surface area contributed by atoms with Gasteiger partial charge in [-0.05, 0) is 43.3 Å². The van der Waals surface area contributed by atoms with Crippen molar-refractivity contribution in [3.8, 4) is 17.7 Å². The first kappa shape index (κ1) is 16.3. The summed E-state index contributed by atoms with van der Waals surface area (Å²) in [6, 6.07) is 13.8. The van der Waals surface area contributed by atoms with Crippen molar-refractivity contribution in [1.29, 1.82) is 5.26 Å². The maximum atomic E-state index is 12.2. The van der Waals surface area contributed by atoms with Gasteiger partial charge in [0.25, 0.3) is 5.91 Å². The molecule has 0 bridgehead atoms. The number of nitrogens with zero attached hydrogens (tertiary/aromatic N) is 2. The van der Waals surface area contributed by atoms with Crippen LogP contribution in [0.15, 0.2) is 59.3 Å². The summed E-state index contributed by atoms with van der Waals surface area (Å²) in [5, 5.41) is 11.6. The van der Waals surface area contributed by atoms with Crippen molar-refractivity contribution in [3.05, 3.63) is 77.4 Å². The number of furan rings is 1. The predicted octanol–water partition coefficient (Wildman–Crippen LogP) is 3.58. The van der Waals surface area contributed by atoms with E-state index < -0.39 is 0 Å². The topological polar surface area (TPSA) is 88.1 Å². The quantitative estimate of drug-likeness (QED) is 0.771. The van der Waals surface area contributed by atoms with Gasteiger partial charge >= 0.3 is 0 Å². The fourth-order valence-corrected chi connectivity index (χ4v) is 2.17. The number of aryl methyl sites for hydroxylation is 1. The molecule has 0 saturated heterocycles. The van der Waals surface area contributed by atoms with Crippen LogP contribution in [0.5, 0.6) is 11.6 Å². The minimum absolute atomic E-state index is 0.177. The second kappa shape index (κ2) is 7.32. The number of carbonyl (C=O) groups is 1. The highest BCUT2D eigenvalue weighted by atomic mass is 16.5. The van der Waals surface area contributed by atoms with Gasteiger partial charge in [-0.1, -0.05) is 0 Å². The smallest absolute Gasteiger partial charge is 0.251 e. The second-order valence-electron chi connectivity index (χ2n) is 5.31. The van der Waals surface area contributed by atoms with Gasteiger partial charge in [-0.2, -0.15) is 5.26 Å². The van der Waals surface area contributed by atoms with Crippen molar-refractivity contribution in [2.75, 3.05) is 0 Å². The monoisotopic (exact) mass is 333 g/mol. The zero-order valence-corrected chi connectivity index (χ0v) is 13.5. The summed E-state index contributed by atoms with van der Waals surface area (Å²) in [6.07, 6.45) is 3.04. The Balaban J connectivity index is 1.60. The second-order valence-corrected chi connectivity index (χ2v) is 5.31. The third-order valence-electron chi connectivity index (χ3n) is 3.61. The lowest BCUT2D eigenvalue weighted by Crippen LogP contribution is -2.22. The first-order chi connectivity index (χ1) is 12.2. The number of hydrogen-bond acceptors (Lipinski definition) is 5. The summed E-state index contributed by atoms with van der Waals surface area (Å²) in [7, 11) is 0. The van der Waals surface area contributed by atoms with Crippen LogP contribution in [-0.2, 0) is 6.54 Å². The Kier molecular flexibility index (Phi) is 4.77. The van der Waals surface area contributed by atoms with Crippen molar-refractivity contribution in [3.63, 3.8) is 0 Å². The van der Waals surface area contributed by atoms with Gasteiger partial charge in [-0.25, -0.2) is 4.98 Å². The van der Waals surface area contributed by atoms with Crippen molar-refractivity contribution < 1.29 is 13.9 Å². The molecule has 0 unspecified atom stereocenters. The van der Waals surface area contributed by atoms with E-state index in [2.05, 4.69) is 10.3 Å². The fraction of sp³-hybridized carbons (Fsp3) is 0.105. The molecular weight excluding hydrogens is 318 g/mol. The number of pyridine rings is 1. The van der Waals surface area contributed by atoms with Gasteiger partial charge in [0.05, 0.1) is 11.8 Å². The largest absolute Gasteiger partial charge is 0.469 e. The summed E-state index contributed by atoms with van der Waals surface area (Å²) in [4.78, 5) is 16.2. The zero-order chi connectivity index (χ0) is 17.6. The summed E-state index contributed by atoms with van der Waals surface area (Å²) < 4.78 is 10.8. The predicted molar refractivity (Wildman–Crippen MR) is 90.1 cm³/mol. The van der Waals surface area contributed by atoms with Crippen molar-refractivity contribution >= 4 is 5.91 Å². The zero-order valence-electron chi connectivity index (χ0n) is 13.5. The highest BCUT2D eigenvalue weighted by molar-refractivity contribution is 5.94. The summed E-state index contributed by atoms with van der Waals surface area (Å²) in [5.74, 6) is 1.55. The van der Waals surface area contributed by atoms with Gasteiger partial charge in [0.15, 0.2) is 0 Å². The van der Waals surface area contributed by atoms with Crippen LogP contribution in [0.1, 0.15) is 27.2 Å². The van der Waals surface area contributed by atoms with Crippen molar-refractivity contribution in [2.45, 2.75) is 13.5 Å². The molecule has 2 aromatic heterocycles. The number of ether oxygens (including phenoxy) is 1. The van der Waals surface area contributed by atoms with Crippen LogP contribution in [0.3, 0.4) is 0 Å². The maximum absolute atomic E-state index is 12.2. The number of amides is 1. The molecule has 0 saturated carbocycles. The molecule has 3 aromatic rings. The molecule has 1 N–H and O–H groups in total. The van der Waals surface area contributed by atoms with Crippen LogP contribution in [0.2, 0.25) is 0 Å². The normalized spacial score (nSPS) is 10.1. The van der Waals surface area contributed by atoms with E-state index in [9.17, 15) is 4.79 Å². The molecule has 2 heterocycles. The third-order valence-corrected chi connectivity index (χ3v) is 3.61. The molecule has 0 aliphatic heterocycles. The molecule has 0 spiro atoms. The number of carbonyl (C=O) groups excluding carboxylic acids is 1. The van der Waals surface area contributed by atoms with Gasteiger partial charge < -0.3 is 14.5 Å². The molecular formula is C19H15N3O3. The minimum atomic E-state index is -0.177. The van der Waals surface area contributed by atoms with Crippen LogP contribution in [0, 0.1) is 18.3 Å². The molecule has 0 fully saturated rings. The van der Waals surface area contributed by atoms with Gasteiger partial charge in [0, 0.05) is 29.9 Å². The Morgan fingerprint density at radius 3 is 2.64 bits per heavy atom. The maximum Gasteiger partial charge on any atom is 0.251 e. The molecule has 6 heteroatoms. The van der Waals surface area contributed by atoms with E-state index in [-0.39, 0.29) is 5.91 Å². The fourth-order valence-electron chi connectivity index (χ4n) is 2.17. The molecule has 6 nitrogen and oxygen atoms in total. The lowest BCUT2D eigenvalue weighted by atomic mass is 10.2. The molecule has 0 atom stereocenters. The minimum Gasteiger partial charge on any atom is -0.469 e. The SMILES string of the molecule is Cc1occc1CNC(=O)c1ccc(Oc2ccc(C#N)cn2)cc1. The van der Waals surface area contributed by atoms with E-state index >= 15 is 0 Å². The first-order valence-corrected chi connectivity index (χ1v) is 7.61. The van der Waals surface area contributed by atoms with Crippen molar-refractivity contribution in [1.82, 2.24) is 10.3 Å². The molecule has 1 aromatic carbocycles. The van der Waals surface area contributed by atoms with E-state index in [0.29, 0.717) is 29.3 Å². The van der Waals surface area contributed by atoms with Crippen LogP contribution in [0.25, 0.3) is 0 Å². The lowest BCUT2D eigenvalue weighted by molar-refractivity contribution is 0.0951. The van der Waals surface area contributed by atoms with E-state index in [1.807, 2.05) is 19.1 Å². The molecule has 0 radical (unpaired) electrons. The Hall–Kier alpha value is -3.59. The average Bonchev–Trinajstić information content (AvgIpc) is 3.06. The van der Waals surface area contributed by atoms with Crippen LogP contribution < -0.4 is 10.1 Å². The van der Waals surface area contributed by atoms with Gasteiger partial charge in [-0.3, -0.25) is 4.79 Å². The molecule has 1 amide bonds. The van der Waals surface area contributed by atoms with Gasteiger partial charge in [0.2, 0.25) is 5.88 Å². The van der Waals surface area contributed by atoms with E-state index in [4.69, 9.17) is 14.4 Å². The summed E-state index contributed by atoms with van der Waals surface area (Å²) in [5.41, 5.74) is 1.94. The lowest BCUT2D eigenvalue weighted by Gasteiger charge is -2.07. The van der Waals surface area contributed by atoms with E-state index in [1.165, 1.54) is 6.20 Å². The summed E-state index contributed by atoms with van der Waals surface area (Å²) >= 11 is 0. The Morgan fingerprint density at radius 2 is 2.04 bits per heavy atom. The highest BCUT2D eigenvalue weighted by Crippen LogP contribution is 2.20. The number of aromatic nitrogens is 1. The van der Waals surface area contributed by atoms with Gasteiger partial charge in [0.1, 0.15) is 17.6 Å². The van der Waals surface area contributed by atoms with E-state index in [1.54, 1.807) is 42.7 Å². The van der Waals surface area contributed by atoms with Crippen LogP contribution in [-0.4, -0.2) is 10.9 Å². The molecule has 0 aliphatic carbocycles. The standard InChI is InChI=1S/C19H15N3O3/c1-13-16(8-9-24-13)12-22-19(23)15-3-5-17(6-4-15)25-18-7-2-14(10-20)11-21-18/h2-9,11H,12H2,1H3,(H,22,23). The third kappa shape index (κ3) is 4.03. The number of nitriles is 1. The van der Waals surface area contributed by atoms with Crippen LogP contribution >= 0.6 is 0 Å². The Morgan fingerprint density at radius 1 is 1.24 bits per heavy atom. The first-order valence-electron chi connectivity index (χ1n) is 7.61. The number of nitrogens with one attached hydrogen (secondary N) is 1. The summed E-state index contributed by atoms with van der Waals surface area (Å²) in [6.45, 7) is 2.26. The Labute approximate surface area is 144 Å². The number of rotatable bonds is 5. The van der Waals surface area contributed by atoms with Crippen LogP contribution in [0.4, 0.5) is 0 Å². The number of benzene rings is 1. The number of hydrogen-bond donors (Lipinski definition) is 1. The van der Waals surface area contributed by atoms with E-state index in [0.717, 1.165) is 11.3 Å². The molecule has 25 heavy (non-hydrogen) atoms. The molecule has 0 aliphatic rings. The van der Waals surface area contributed by atoms with Crippen molar-refractivity contribution in [2.24, 2.45) is 0 Å². The highest BCUT2D eigenvalue weighted by Gasteiger charge is 2.08. The molecule has 3 rings (SSSR count).